The minimum Gasteiger partial charge on any atom is -0.493 e. The predicted molar refractivity (Wildman–Crippen MR) is 62.9 cm³/mol. The number of halogens is 1. The van der Waals surface area contributed by atoms with E-state index in [1.807, 2.05) is 25.1 Å². The van der Waals surface area contributed by atoms with Gasteiger partial charge in [0.25, 0.3) is 0 Å². The summed E-state index contributed by atoms with van der Waals surface area (Å²) in [4.78, 5) is 0. The highest BCUT2D eigenvalue weighted by molar-refractivity contribution is 6.17. The second-order valence-electron chi connectivity index (χ2n) is 3.46. The van der Waals surface area contributed by atoms with E-state index < -0.39 is 0 Å². The topological polar surface area (TPSA) is 18.5 Å². The Kier molecular flexibility index (Phi) is 4.76. The largest absolute Gasteiger partial charge is 0.493 e. The average Bonchev–Trinajstić information content (AvgIpc) is 2.29. The first-order chi connectivity index (χ1) is 7.21. The SMILES string of the molecule is CCC(C)Oc1ccc(CCl)cc1OC. The number of hydrogen-bond donors (Lipinski definition) is 0. The van der Waals surface area contributed by atoms with Crippen LogP contribution in [0.2, 0.25) is 0 Å². The van der Waals surface area contributed by atoms with Gasteiger partial charge in [0.05, 0.1) is 13.2 Å². The average molecular weight is 229 g/mol. The summed E-state index contributed by atoms with van der Waals surface area (Å²) in [5.41, 5.74) is 1.03. The molecule has 2 nitrogen and oxygen atoms in total. The molecular formula is C12H17ClO2. The first kappa shape index (κ1) is 12.2. The minimum absolute atomic E-state index is 0.195. The fourth-order valence-electron chi connectivity index (χ4n) is 1.19. The van der Waals surface area contributed by atoms with E-state index in [0.717, 1.165) is 23.5 Å². The van der Waals surface area contributed by atoms with E-state index in [0.29, 0.717) is 5.88 Å². The van der Waals surface area contributed by atoms with Crippen molar-refractivity contribution in [2.45, 2.75) is 32.3 Å². The quantitative estimate of drug-likeness (QED) is 0.717. The maximum Gasteiger partial charge on any atom is 0.161 e. The first-order valence-corrected chi connectivity index (χ1v) is 5.64. The summed E-state index contributed by atoms with van der Waals surface area (Å²) in [5.74, 6) is 2.01. The maximum atomic E-state index is 5.74. The Labute approximate surface area is 96.2 Å². The Hall–Kier alpha value is -0.890. The summed E-state index contributed by atoms with van der Waals surface area (Å²) in [6.07, 6.45) is 1.17. The molecule has 0 aromatic heterocycles. The van der Waals surface area contributed by atoms with Gasteiger partial charge in [0.2, 0.25) is 0 Å². The molecule has 0 aliphatic heterocycles. The maximum absolute atomic E-state index is 5.74. The summed E-state index contributed by atoms with van der Waals surface area (Å²) < 4.78 is 11.0. The van der Waals surface area contributed by atoms with Crippen molar-refractivity contribution in [2.75, 3.05) is 7.11 Å². The standard InChI is InChI=1S/C12H17ClO2/c1-4-9(2)15-11-6-5-10(8-13)7-12(11)14-3/h5-7,9H,4,8H2,1-3H3. The minimum atomic E-state index is 0.195. The van der Waals surface area contributed by atoms with Crippen molar-refractivity contribution in [3.63, 3.8) is 0 Å². The molecule has 0 aliphatic rings. The van der Waals surface area contributed by atoms with Gasteiger partial charge in [-0.05, 0) is 31.0 Å². The van der Waals surface area contributed by atoms with Gasteiger partial charge in [0, 0.05) is 5.88 Å². The third-order valence-corrected chi connectivity index (χ3v) is 2.59. The van der Waals surface area contributed by atoms with E-state index in [4.69, 9.17) is 21.1 Å². The summed E-state index contributed by atoms with van der Waals surface area (Å²) in [5, 5.41) is 0. The molecule has 0 radical (unpaired) electrons. The van der Waals surface area contributed by atoms with Gasteiger partial charge in [-0.2, -0.15) is 0 Å². The van der Waals surface area contributed by atoms with Crippen LogP contribution in [0.1, 0.15) is 25.8 Å². The van der Waals surface area contributed by atoms with Gasteiger partial charge in [0.15, 0.2) is 11.5 Å². The van der Waals surface area contributed by atoms with Crippen LogP contribution in [0.4, 0.5) is 0 Å². The third-order valence-electron chi connectivity index (χ3n) is 2.29. The third kappa shape index (κ3) is 3.31. The van der Waals surface area contributed by atoms with Gasteiger partial charge in [-0.3, -0.25) is 0 Å². The molecule has 0 spiro atoms. The Morgan fingerprint density at radius 1 is 1.33 bits per heavy atom. The van der Waals surface area contributed by atoms with E-state index in [1.165, 1.54) is 0 Å². The molecule has 0 saturated heterocycles. The lowest BCUT2D eigenvalue weighted by molar-refractivity contribution is 0.207. The van der Waals surface area contributed by atoms with Crippen LogP contribution >= 0.6 is 11.6 Å². The number of methoxy groups -OCH3 is 1. The van der Waals surface area contributed by atoms with Crippen molar-refractivity contribution in [1.82, 2.24) is 0 Å². The molecule has 0 aliphatic carbocycles. The zero-order valence-corrected chi connectivity index (χ0v) is 10.2. The van der Waals surface area contributed by atoms with Crippen LogP contribution in [0.5, 0.6) is 11.5 Å². The zero-order valence-electron chi connectivity index (χ0n) is 9.42. The fraction of sp³-hybridized carbons (Fsp3) is 0.500. The van der Waals surface area contributed by atoms with Gasteiger partial charge in [-0.25, -0.2) is 0 Å². The molecule has 0 fully saturated rings. The molecule has 1 rings (SSSR count). The second-order valence-corrected chi connectivity index (χ2v) is 3.72. The zero-order chi connectivity index (χ0) is 11.3. The Morgan fingerprint density at radius 2 is 2.07 bits per heavy atom. The molecule has 0 bridgehead atoms. The number of benzene rings is 1. The predicted octanol–water partition coefficient (Wildman–Crippen LogP) is 3.61. The molecule has 0 saturated carbocycles. The van der Waals surface area contributed by atoms with Crippen molar-refractivity contribution in [3.05, 3.63) is 23.8 Å². The van der Waals surface area contributed by atoms with Crippen LogP contribution in [0, 0.1) is 0 Å². The van der Waals surface area contributed by atoms with E-state index >= 15 is 0 Å². The molecule has 1 atom stereocenters. The van der Waals surface area contributed by atoms with Crippen LogP contribution in [-0.2, 0) is 5.88 Å². The second kappa shape index (κ2) is 5.86. The normalized spacial score (nSPS) is 12.3. The molecule has 3 heteroatoms. The Bertz CT molecular complexity index is 312. The first-order valence-electron chi connectivity index (χ1n) is 5.10. The number of ether oxygens (including phenoxy) is 2. The molecule has 0 amide bonds. The van der Waals surface area contributed by atoms with Gasteiger partial charge in [0.1, 0.15) is 0 Å². The van der Waals surface area contributed by atoms with Crippen LogP contribution < -0.4 is 9.47 Å². The van der Waals surface area contributed by atoms with Gasteiger partial charge in [-0.1, -0.05) is 13.0 Å². The highest BCUT2D eigenvalue weighted by atomic mass is 35.5. The molecule has 84 valence electrons. The summed E-state index contributed by atoms with van der Waals surface area (Å²) in [6.45, 7) is 4.12. The lowest BCUT2D eigenvalue weighted by atomic mass is 10.2. The molecule has 0 N–H and O–H groups in total. The Balaban J connectivity index is 2.87. The van der Waals surface area contributed by atoms with Gasteiger partial charge >= 0.3 is 0 Å². The summed E-state index contributed by atoms with van der Waals surface area (Å²) in [6, 6.07) is 5.76. The Morgan fingerprint density at radius 3 is 2.60 bits per heavy atom. The van der Waals surface area contributed by atoms with Crippen molar-refractivity contribution in [1.29, 1.82) is 0 Å². The van der Waals surface area contributed by atoms with Crippen LogP contribution in [0.15, 0.2) is 18.2 Å². The molecule has 1 aromatic rings. The van der Waals surface area contributed by atoms with Crippen molar-refractivity contribution in [2.24, 2.45) is 0 Å². The van der Waals surface area contributed by atoms with Crippen LogP contribution in [0.3, 0.4) is 0 Å². The van der Waals surface area contributed by atoms with Crippen molar-refractivity contribution >= 4 is 11.6 Å². The molecule has 1 aromatic carbocycles. The van der Waals surface area contributed by atoms with Crippen LogP contribution in [0.25, 0.3) is 0 Å². The van der Waals surface area contributed by atoms with Crippen molar-refractivity contribution < 1.29 is 9.47 Å². The van der Waals surface area contributed by atoms with E-state index in [1.54, 1.807) is 7.11 Å². The van der Waals surface area contributed by atoms with Crippen molar-refractivity contribution in [3.8, 4) is 11.5 Å². The van der Waals surface area contributed by atoms with Gasteiger partial charge in [-0.15, -0.1) is 11.6 Å². The highest BCUT2D eigenvalue weighted by Gasteiger charge is 2.08. The summed E-state index contributed by atoms with van der Waals surface area (Å²) >= 11 is 5.74. The van der Waals surface area contributed by atoms with E-state index in [2.05, 4.69) is 6.92 Å². The highest BCUT2D eigenvalue weighted by Crippen LogP contribution is 2.29. The van der Waals surface area contributed by atoms with Gasteiger partial charge < -0.3 is 9.47 Å². The number of hydrogen-bond acceptors (Lipinski definition) is 2. The molecule has 0 heterocycles. The monoisotopic (exact) mass is 228 g/mol. The lowest BCUT2D eigenvalue weighted by Gasteiger charge is -2.15. The lowest BCUT2D eigenvalue weighted by Crippen LogP contribution is -2.10. The van der Waals surface area contributed by atoms with E-state index in [-0.39, 0.29) is 6.10 Å². The summed E-state index contributed by atoms with van der Waals surface area (Å²) in [7, 11) is 1.64. The number of rotatable bonds is 5. The molecule has 15 heavy (non-hydrogen) atoms. The smallest absolute Gasteiger partial charge is 0.161 e. The van der Waals surface area contributed by atoms with Crippen LogP contribution in [-0.4, -0.2) is 13.2 Å². The number of alkyl halides is 1. The van der Waals surface area contributed by atoms with E-state index in [9.17, 15) is 0 Å². The fourth-order valence-corrected chi connectivity index (χ4v) is 1.36. The molecule has 1 unspecified atom stereocenters. The molecular weight excluding hydrogens is 212 g/mol.